The lowest BCUT2D eigenvalue weighted by Crippen LogP contribution is -2.33. The number of carbonyl (C=O) groups is 1. The van der Waals surface area contributed by atoms with E-state index in [4.69, 9.17) is 10.2 Å². The van der Waals surface area contributed by atoms with Crippen molar-refractivity contribution in [1.82, 2.24) is 5.32 Å². The zero-order valence-corrected chi connectivity index (χ0v) is 11.0. The summed E-state index contributed by atoms with van der Waals surface area (Å²) >= 11 is 0. The summed E-state index contributed by atoms with van der Waals surface area (Å²) in [5.74, 6) is -0.408. The van der Waals surface area contributed by atoms with Gasteiger partial charge in [-0.2, -0.15) is 0 Å². The largest absolute Gasteiger partial charge is 0.478 e. The van der Waals surface area contributed by atoms with E-state index < -0.39 is 5.97 Å². The monoisotopic (exact) mass is 263 g/mol. The van der Waals surface area contributed by atoms with Gasteiger partial charge in [-0.15, -0.1) is 0 Å². The van der Waals surface area contributed by atoms with Crippen LogP contribution in [0.3, 0.4) is 0 Å². The molecule has 1 saturated carbocycles. The summed E-state index contributed by atoms with van der Waals surface area (Å²) in [6, 6.07) is 7.51. The van der Waals surface area contributed by atoms with Gasteiger partial charge in [-0.25, -0.2) is 4.79 Å². The van der Waals surface area contributed by atoms with Crippen molar-refractivity contribution in [3.8, 4) is 0 Å². The first-order valence-electron chi connectivity index (χ1n) is 6.85. The number of nitrogens with one attached hydrogen (secondary N) is 1. The lowest BCUT2D eigenvalue weighted by molar-refractivity contribution is 0.0697. The van der Waals surface area contributed by atoms with E-state index in [1.54, 1.807) is 12.1 Å². The van der Waals surface area contributed by atoms with E-state index in [1.807, 2.05) is 12.1 Å². The van der Waals surface area contributed by atoms with Gasteiger partial charge in [-0.05, 0) is 49.3 Å². The maximum absolute atomic E-state index is 10.7. The van der Waals surface area contributed by atoms with Crippen molar-refractivity contribution < 1.29 is 15.0 Å². The Labute approximate surface area is 113 Å². The Hall–Kier alpha value is -1.39. The van der Waals surface area contributed by atoms with E-state index in [0.717, 1.165) is 37.8 Å². The minimum atomic E-state index is -0.887. The molecule has 0 aromatic heterocycles. The first-order valence-corrected chi connectivity index (χ1v) is 6.85. The highest BCUT2D eigenvalue weighted by Crippen LogP contribution is 2.23. The Kier molecular flexibility index (Phi) is 4.93. The molecule has 0 atom stereocenters. The molecule has 1 aromatic rings. The highest BCUT2D eigenvalue weighted by Gasteiger charge is 2.19. The zero-order chi connectivity index (χ0) is 13.7. The van der Waals surface area contributed by atoms with Crippen LogP contribution in [0.15, 0.2) is 24.3 Å². The molecular formula is C15H21NO3. The van der Waals surface area contributed by atoms with E-state index in [0.29, 0.717) is 24.1 Å². The molecule has 3 N–H and O–H groups in total. The van der Waals surface area contributed by atoms with E-state index in [2.05, 4.69) is 5.32 Å². The van der Waals surface area contributed by atoms with Gasteiger partial charge in [0.15, 0.2) is 0 Å². The molecule has 0 heterocycles. The lowest BCUT2D eigenvalue weighted by atomic mass is 9.86. The van der Waals surface area contributed by atoms with Crippen LogP contribution >= 0.6 is 0 Å². The molecular weight excluding hydrogens is 242 g/mol. The Bertz CT molecular complexity index is 408. The summed E-state index contributed by atoms with van der Waals surface area (Å²) in [5, 5.41) is 21.4. The summed E-state index contributed by atoms with van der Waals surface area (Å²) in [5.41, 5.74) is 1.43. The number of aromatic carboxylic acids is 1. The van der Waals surface area contributed by atoms with Crippen LogP contribution in [-0.2, 0) is 6.54 Å². The van der Waals surface area contributed by atoms with Gasteiger partial charge in [0.1, 0.15) is 0 Å². The maximum Gasteiger partial charge on any atom is 0.335 e. The fourth-order valence-corrected chi connectivity index (χ4v) is 2.58. The second kappa shape index (κ2) is 6.68. The third-order valence-electron chi connectivity index (χ3n) is 3.90. The molecule has 0 unspecified atom stereocenters. The van der Waals surface area contributed by atoms with Gasteiger partial charge in [-0.3, -0.25) is 0 Å². The zero-order valence-electron chi connectivity index (χ0n) is 11.0. The summed E-state index contributed by atoms with van der Waals surface area (Å²) in [6.45, 7) is 1.08. The molecule has 0 aliphatic heterocycles. The molecule has 1 fully saturated rings. The number of hydrogen-bond acceptors (Lipinski definition) is 3. The number of aliphatic hydroxyl groups excluding tert-OH is 1. The third kappa shape index (κ3) is 4.04. The molecule has 19 heavy (non-hydrogen) atoms. The van der Waals surface area contributed by atoms with Crippen LogP contribution in [0.25, 0.3) is 0 Å². The standard InChI is InChI=1S/C15H21NO3/c17-10-12-3-7-14(8-4-12)16-9-11-1-5-13(6-2-11)15(18)19/h1-2,5-6,12,14,16-17H,3-4,7-10H2,(H,18,19)/t12-,14-. The van der Waals surface area contributed by atoms with Crippen molar-refractivity contribution in [2.45, 2.75) is 38.3 Å². The summed E-state index contributed by atoms with van der Waals surface area (Å²) in [6.07, 6.45) is 4.40. The average molecular weight is 263 g/mol. The minimum absolute atomic E-state index is 0.309. The molecule has 0 amide bonds. The number of benzene rings is 1. The van der Waals surface area contributed by atoms with Gasteiger partial charge >= 0.3 is 5.97 Å². The molecule has 0 spiro atoms. The Morgan fingerprint density at radius 1 is 1.16 bits per heavy atom. The van der Waals surface area contributed by atoms with E-state index in [-0.39, 0.29) is 0 Å². The van der Waals surface area contributed by atoms with Gasteiger partial charge in [0.2, 0.25) is 0 Å². The first kappa shape index (κ1) is 14.0. The molecule has 0 radical (unpaired) electrons. The fourth-order valence-electron chi connectivity index (χ4n) is 2.58. The molecule has 4 nitrogen and oxygen atoms in total. The molecule has 0 saturated heterocycles. The van der Waals surface area contributed by atoms with Crippen molar-refractivity contribution in [1.29, 1.82) is 0 Å². The van der Waals surface area contributed by atoms with E-state index >= 15 is 0 Å². The molecule has 4 heteroatoms. The smallest absolute Gasteiger partial charge is 0.335 e. The predicted octanol–water partition coefficient (Wildman–Crippen LogP) is 2.03. The number of aliphatic hydroxyl groups is 1. The number of hydrogen-bond donors (Lipinski definition) is 3. The fraction of sp³-hybridized carbons (Fsp3) is 0.533. The van der Waals surface area contributed by atoms with Crippen LogP contribution < -0.4 is 5.32 Å². The average Bonchev–Trinajstić information content (AvgIpc) is 2.46. The molecule has 1 aromatic carbocycles. The Morgan fingerprint density at radius 3 is 2.32 bits per heavy atom. The van der Waals surface area contributed by atoms with Crippen LogP contribution in [0.4, 0.5) is 0 Å². The summed E-state index contributed by atoms with van der Waals surface area (Å²) < 4.78 is 0. The molecule has 2 rings (SSSR count). The lowest BCUT2D eigenvalue weighted by Gasteiger charge is -2.28. The van der Waals surface area contributed by atoms with Crippen LogP contribution in [0.1, 0.15) is 41.6 Å². The third-order valence-corrected chi connectivity index (χ3v) is 3.90. The van der Waals surface area contributed by atoms with Gasteiger partial charge in [0.05, 0.1) is 5.56 Å². The van der Waals surface area contributed by atoms with Crippen molar-refractivity contribution >= 4 is 5.97 Å². The van der Waals surface area contributed by atoms with Crippen LogP contribution in [0, 0.1) is 5.92 Å². The Morgan fingerprint density at radius 2 is 1.79 bits per heavy atom. The van der Waals surface area contributed by atoms with Crippen molar-refractivity contribution in [3.63, 3.8) is 0 Å². The van der Waals surface area contributed by atoms with Gasteiger partial charge in [0, 0.05) is 19.2 Å². The Balaban J connectivity index is 1.78. The summed E-state index contributed by atoms with van der Waals surface area (Å²) in [4.78, 5) is 10.7. The van der Waals surface area contributed by atoms with Crippen LogP contribution in [-0.4, -0.2) is 28.8 Å². The molecule has 104 valence electrons. The van der Waals surface area contributed by atoms with Crippen molar-refractivity contribution in [2.24, 2.45) is 5.92 Å². The molecule has 1 aliphatic carbocycles. The van der Waals surface area contributed by atoms with Crippen molar-refractivity contribution in [2.75, 3.05) is 6.61 Å². The minimum Gasteiger partial charge on any atom is -0.478 e. The first-order chi connectivity index (χ1) is 9.19. The second-order valence-electron chi connectivity index (χ2n) is 5.28. The van der Waals surface area contributed by atoms with Gasteiger partial charge < -0.3 is 15.5 Å². The highest BCUT2D eigenvalue weighted by atomic mass is 16.4. The predicted molar refractivity (Wildman–Crippen MR) is 73.1 cm³/mol. The SMILES string of the molecule is O=C(O)c1ccc(CN[C@H]2CC[C@H](CO)CC2)cc1. The van der Waals surface area contributed by atoms with Crippen LogP contribution in [0.2, 0.25) is 0 Å². The van der Waals surface area contributed by atoms with Gasteiger partial charge in [0.25, 0.3) is 0 Å². The normalized spacial score (nSPS) is 23.2. The number of carboxylic acids is 1. The van der Waals surface area contributed by atoms with Crippen LogP contribution in [0.5, 0.6) is 0 Å². The number of rotatable bonds is 5. The number of carboxylic acid groups (broad SMARTS) is 1. The van der Waals surface area contributed by atoms with Crippen molar-refractivity contribution in [3.05, 3.63) is 35.4 Å². The van der Waals surface area contributed by atoms with E-state index in [9.17, 15) is 4.79 Å². The topological polar surface area (TPSA) is 69.6 Å². The molecule has 0 bridgehead atoms. The van der Waals surface area contributed by atoms with E-state index in [1.165, 1.54) is 0 Å². The van der Waals surface area contributed by atoms with Gasteiger partial charge in [-0.1, -0.05) is 12.1 Å². The highest BCUT2D eigenvalue weighted by molar-refractivity contribution is 5.87. The molecule has 1 aliphatic rings. The summed E-state index contributed by atoms with van der Waals surface area (Å²) in [7, 11) is 0. The quantitative estimate of drug-likeness (QED) is 0.760. The maximum atomic E-state index is 10.7. The second-order valence-corrected chi connectivity index (χ2v) is 5.28.